The van der Waals surface area contributed by atoms with Gasteiger partial charge < -0.3 is 10.1 Å². The van der Waals surface area contributed by atoms with Crippen LogP contribution in [0.4, 0.5) is 4.39 Å². The van der Waals surface area contributed by atoms with Crippen LogP contribution in [-0.4, -0.2) is 23.4 Å². The van der Waals surface area contributed by atoms with Gasteiger partial charge in [-0.15, -0.1) is 0 Å². The van der Waals surface area contributed by atoms with Crippen LogP contribution in [0, 0.1) is 12.7 Å². The Hall–Kier alpha value is -1.88. The molecule has 0 aliphatic heterocycles. The Morgan fingerprint density at radius 3 is 2.67 bits per heavy atom. The average Bonchev–Trinajstić information content (AvgIpc) is 2.79. The first-order valence-electron chi connectivity index (χ1n) is 7.13. The maximum absolute atomic E-state index is 14.4. The molecule has 1 aromatic carbocycles. The molecule has 1 unspecified atom stereocenters. The predicted octanol–water partition coefficient (Wildman–Crippen LogP) is 2.97. The summed E-state index contributed by atoms with van der Waals surface area (Å²) in [5, 5.41) is 7.76. The van der Waals surface area contributed by atoms with Gasteiger partial charge in [0.05, 0.1) is 18.8 Å². The zero-order valence-electron chi connectivity index (χ0n) is 13.0. The van der Waals surface area contributed by atoms with Crippen molar-refractivity contribution in [3.63, 3.8) is 0 Å². The van der Waals surface area contributed by atoms with E-state index in [0.29, 0.717) is 11.3 Å². The van der Waals surface area contributed by atoms with Gasteiger partial charge in [-0.2, -0.15) is 5.10 Å². The van der Waals surface area contributed by atoms with E-state index in [-0.39, 0.29) is 11.9 Å². The van der Waals surface area contributed by atoms with Crippen molar-refractivity contribution in [2.75, 3.05) is 13.7 Å². The Morgan fingerprint density at radius 2 is 2.14 bits per heavy atom. The summed E-state index contributed by atoms with van der Waals surface area (Å²) in [7, 11) is 3.41. The Morgan fingerprint density at radius 1 is 1.38 bits per heavy atom. The number of aryl methyl sites for hydroxylation is 2. The minimum absolute atomic E-state index is 0.204. The molecular weight excluding hydrogens is 269 g/mol. The molecule has 21 heavy (non-hydrogen) atoms. The van der Waals surface area contributed by atoms with Gasteiger partial charge in [0, 0.05) is 30.4 Å². The fraction of sp³-hybridized carbons (Fsp3) is 0.438. The standard InChI is InChI=1S/C16H22FN3O/c1-5-8-18-16(14-10-20(3)19-11(14)2)13-7-6-12(21-4)9-15(13)17/h6-7,9-10,16,18H,5,8H2,1-4H3. The third-order valence-electron chi connectivity index (χ3n) is 3.48. The van der Waals surface area contributed by atoms with E-state index in [1.54, 1.807) is 16.8 Å². The molecule has 1 aromatic heterocycles. The second kappa shape index (κ2) is 6.72. The minimum Gasteiger partial charge on any atom is -0.497 e. The van der Waals surface area contributed by atoms with Crippen LogP contribution in [0.15, 0.2) is 24.4 Å². The molecule has 5 heteroatoms. The molecule has 0 amide bonds. The average molecular weight is 291 g/mol. The lowest BCUT2D eigenvalue weighted by atomic mass is 9.98. The van der Waals surface area contributed by atoms with Crippen LogP contribution in [0.25, 0.3) is 0 Å². The van der Waals surface area contributed by atoms with Crippen molar-refractivity contribution < 1.29 is 9.13 Å². The summed E-state index contributed by atoms with van der Waals surface area (Å²) >= 11 is 0. The topological polar surface area (TPSA) is 39.1 Å². The molecule has 1 heterocycles. The number of hydrogen-bond acceptors (Lipinski definition) is 3. The molecule has 114 valence electrons. The number of ether oxygens (including phenoxy) is 1. The Balaban J connectivity index is 2.42. The zero-order chi connectivity index (χ0) is 15.4. The molecular formula is C16H22FN3O. The van der Waals surface area contributed by atoms with Gasteiger partial charge in [0.2, 0.25) is 0 Å². The number of halogens is 1. The van der Waals surface area contributed by atoms with E-state index >= 15 is 0 Å². The van der Waals surface area contributed by atoms with Gasteiger partial charge in [0.15, 0.2) is 0 Å². The van der Waals surface area contributed by atoms with E-state index in [1.807, 2.05) is 20.2 Å². The SMILES string of the molecule is CCCNC(c1ccc(OC)cc1F)c1cn(C)nc1C. The highest BCUT2D eigenvalue weighted by atomic mass is 19.1. The van der Waals surface area contributed by atoms with Crippen LogP contribution < -0.4 is 10.1 Å². The van der Waals surface area contributed by atoms with Crippen LogP contribution in [-0.2, 0) is 7.05 Å². The van der Waals surface area contributed by atoms with E-state index < -0.39 is 0 Å². The summed E-state index contributed by atoms with van der Waals surface area (Å²) in [5.74, 6) is 0.250. The smallest absolute Gasteiger partial charge is 0.132 e. The molecule has 0 saturated heterocycles. The summed E-state index contributed by atoms with van der Waals surface area (Å²) in [6.07, 6.45) is 2.92. The first-order chi connectivity index (χ1) is 10.1. The highest BCUT2D eigenvalue weighted by molar-refractivity contribution is 5.37. The van der Waals surface area contributed by atoms with Crippen LogP contribution in [0.3, 0.4) is 0 Å². The van der Waals surface area contributed by atoms with Crippen LogP contribution >= 0.6 is 0 Å². The van der Waals surface area contributed by atoms with Gasteiger partial charge in [0.25, 0.3) is 0 Å². The second-order valence-electron chi connectivity index (χ2n) is 5.12. The van der Waals surface area contributed by atoms with Gasteiger partial charge in [-0.05, 0) is 26.0 Å². The highest BCUT2D eigenvalue weighted by Crippen LogP contribution is 2.28. The molecule has 0 fully saturated rings. The van der Waals surface area contributed by atoms with Gasteiger partial charge in [-0.25, -0.2) is 4.39 Å². The summed E-state index contributed by atoms with van der Waals surface area (Å²) < 4.78 is 21.2. The Labute approximate surface area is 124 Å². The molecule has 0 aliphatic carbocycles. The van der Waals surface area contributed by atoms with E-state index in [4.69, 9.17) is 4.74 Å². The lowest BCUT2D eigenvalue weighted by molar-refractivity contribution is 0.410. The minimum atomic E-state index is -0.272. The molecule has 1 N–H and O–H groups in total. The molecule has 4 nitrogen and oxygen atoms in total. The van der Waals surface area contributed by atoms with Gasteiger partial charge in [-0.1, -0.05) is 13.0 Å². The first kappa shape index (κ1) is 15.5. The van der Waals surface area contributed by atoms with Gasteiger partial charge in [0.1, 0.15) is 11.6 Å². The monoisotopic (exact) mass is 291 g/mol. The van der Waals surface area contributed by atoms with Gasteiger partial charge in [-0.3, -0.25) is 4.68 Å². The fourth-order valence-corrected chi connectivity index (χ4v) is 2.45. The molecule has 2 aromatic rings. The lowest BCUT2D eigenvalue weighted by Crippen LogP contribution is -2.24. The summed E-state index contributed by atoms with van der Waals surface area (Å²) in [4.78, 5) is 0. The normalized spacial score (nSPS) is 12.4. The predicted molar refractivity (Wildman–Crippen MR) is 81.0 cm³/mol. The maximum atomic E-state index is 14.4. The Bertz CT molecular complexity index is 610. The van der Waals surface area contributed by atoms with Gasteiger partial charge >= 0.3 is 0 Å². The van der Waals surface area contributed by atoms with Crippen LogP contribution in [0.5, 0.6) is 5.75 Å². The van der Waals surface area contributed by atoms with E-state index in [2.05, 4.69) is 17.3 Å². The molecule has 0 aliphatic rings. The van der Waals surface area contributed by atoms with E-state index in [1.165, 1.54) is 13.2 Å². The maximum Gasteiger partial charge on any atom is 0.132 e. The van der Waals surface area contributed by atoms with Crippen molar-refractivity contribution in [3.8, 4) is 5.75 Å². The van der Waals surface area contributed by atoms with Crippen molar-refractivity contribution in [1.29, 1.82) is 0 Å². The number of rotatable bonds is 6. The largest absolute Gasteiger partial charge is 0.497 e. The Kier molecular flexibility index (Phi) is 4.96. The number of aromatic nitrogens is 2. The van der Waals surface area contributed by atoms with Crippen molar-refractivity contribution in [3.05, 3.63) is 47.0 Å². The lowest BCUT2D eigenvalue weighted by Gasteiger charge is -2.19. The van der Waals surface area contributed by atoms with Crippen molar-refractivity contribution in [2.45, 2.75) is 26.3 Å². The summed E-state index contributed by atoms with van der Waals surface area (Å²) in [6.45, 7) is 4.84. The number of nitrogens with zero attached hydrogens (tertiary/aromatic N) is 2. The molecule has 1 atom stereocenters. The zero-order valence-corrected chi connectivity index (χ0v) is 13.0. The van der Waals surface area contributed by atoms with Crippen LogP contribution in [0.1, 0.15) is 36.2 Å². The van der Waals surface area contributed by atoms with Crippen LogP contribution in [0.2, 0.25) is 0 Å². The number of benzene rings is 1. The number of hydrogen-bond donors (Lipinski definition) is 1. The molecule has 2 rings (SSSR count). The van der Waals surface area contributed by atoms with Crippen molar-refractivity contribution in [1.82, 2.24) is 15.1 Å². The molecule has 0 saturated carbocycles. The highest BCUT2D eigenvalue weighted by Gasteiger charge is 2.21. The number of methoxy groups -OCH3 is 1. The second-order valence-corrected chi connectivity index (χ2v) is 5.12. The third-order valence-corrected chi connectivity index (χ3v) is 3.48. The van der Waals surface area contributed by atoms with E-state index in [9.17, 15) is 4.39 Å². The molecule has 0 radical (unpaired) electrons. The van der Waals surface area contributed by atoms with Crippen molar-refractivity contribution in [2.24, 2.45) is 7.05 Å². The summed E-state index contributed by atoms with van der Waals surface area (Å²) in [6, 6.07) is 4.77. The summed E-state index contributed by atoms with van der Waals surface area (Å²) in [5.41, 5.74) is 2.51. The quantitative estimate of drug-likeness (QED) is 0.889. The fourth-order valence-electron chi connectivity index (χ4n) is 2.45. The number of nitrogens with one attached hydrogen (secondary N) is 1. The third kappa shape index (κ3) is 3.42. The molecule has 0 bridgehead atoms. The van der Waals surface area contributed by atoms with E-state index in [0.717, 1.165) is 24.2 Å². The molecule has 0 spiro atoms. The first-order valence-corrected chi connectivity index (χ1v) is 7.13. The van der Waals surface area contributed by atoms with Crippen molar-refractivity contribution >= 4 is 0 Å².